The number of fused-ring (bicyclic) bond motifs is 1. The number of hydrogen-bond donors (Lipinski definition) is 3. The lowest BCUT2D eigenvalue weighted by atomic mass is 10.1. The van der Waals surface area contributed by atoms with Gasteiger partial charge in [-0.05, 0) is 30.7 Å². The highest BCUT2D eigenvalue weighted by atomic mass is 16.4. The minimum Gasteiger partial charge on any atom is -0.421 e. The predicted octanol–water partition coefficient (Wildman–Crippen LogP) is 2.61. The number of nitrogens with two attached hydrogens (primary N) is 1. The number of oxazole rings is 1. The monoisotopic (exact) mass is 297 g/mol. The number of amides is 2. The van der Waals surface area contributed by atoms with Crippen molar-refractivity contribution in [2.45, 2.75) is 6.92 Å². The lowest BCUT2D eigenvalue weighted by molar-refractivity contribution is 0.252. The Morgan fingerprint density at radius 2 is 2.23 bits per heavy atom. The number of anilines is 2. The summed E-state index contributed by atoms with van der Waals surface area (Å²) in [6.45, 7) is 2.34. The molecule has 7 nitrogen and oxygen atoms in total. The number of aromatic nitrogens is 2. The summed E-state index contributed by atoms with van der Waals surface area (Å²) in [7, 11) is 0. The van der Waals surface area contributed by atoms with Gasteiger partial charge >= 0.3 is 12.0 Å². The average molecular weight is 297 g/mol. The molecule has 4 N–H and O–H groups in total. The molecule has 2 aromatic heterocycles. The van der Waals surface area contributed by atoms with Crippen molar-refractivity contribution in [3.8, 4) is 11.1 Å². The Hall–Kier alpha value is -3.09. The number of rotatable bonds is 3. The zero-order valence-corrected chi connectivity index (χ0v) is 12.0. The van der Waals surface area contributed by atoms with Gasteiger partial charge in [-0.15, -0.1) is 0 Å². The van der Waals surface area contributed by atoms with Gasteiger partial charge in [0.15, 0.2) is 5.58 Å². The van der Waals surface area contributed by atoms with Crippen molar-refractivity contribution in [3.05, 3.63) is 36.7 Å². The fourth-order valence-corrected chi connectivity index (χ4v) is 2.11. The summed E-state index contributed by atoms with van der Waals surface area (Å²) in [6.07, 6.45) is 3.45. The summed E-state index contributed by atoms with van der Waals surface area (Å²) in [5.74, 6) is 0. The molecule has 0 radical (unpaired) electrons. The second-order valence-electron chi connectivity index (χ2n) is 4.66. The third-order valence-electron chi connectivity index (χ3n) is 3.07. The molecule has 22 heavy (non-hydrogen) atoms. The van der Waals surface area contributed by atoms with Crippen LogP contribution in [0.2, 0.25) is 0 Å². The van der Waals surface area contributed by atoms with E-state index in [-0.39, 0.29) is 12.0 Å². The third-order valence-corrected chi connectivity index (χ3v) is 3.07. The predicted molar refractivity (Wildman–Crippen MR) is 84.3 cm³/mol. The molecule has 0 atom stereocenters. The van der Waals surface area contributed by atoms with E-state index in [2.05, 4.69) is 20.6 Å². The number of carbonyl (C=O) groups is 1. The van der Waals surface area contributed by atoms with Crippen molar-refractivity contribution in [2.24, 2.45) is 0 Å². The van der Waals surface area contributed by atoms with Crippen molar-refractivity contribution in [2.75, 3.05) is 17.6 Å². The largest absolute Gasteiger partial charge is 0.421 e. The number of hydrogen-bond acceptors (Lipinski definition) is 5. The summed E-state index contributed by atoms with van der Waals surface area (Å²) in [5.41, 5.74) is 9.30. The maximum Gasteiger partial charge on any atom is 0.322 e. The number of urea groups is 1. The molecule has 1 aromatic carbocycles. The molecular weight excluding hydrogens is 282 g/mol. The van der Waals surface area contributed by atoms with Crippen LogP contribution >= 0.6 is 0 Å². The molecule has 0 aliphatic carbocycles. The summed E-state index contributed by atoms with van der Waals surface area (Å²) < 4.78 is 5.48. The lowest BCUT2D eigenvalue weighted by Crippen LogP contribution is -2.28. The van der Waals surface area contributed by atoms with Gasteiger partial charge < -0.3 is 15.5 Å². The smallest absolute Gasteiger partial charge is 0.322 e. The van der Waals surface area contributed by atoms with Crippen LogP contribution in [0.3, 0.4) is 0 Å². The fourth-order valence-electron chi connectivity index (χ4n) is 2.11. The Morgan fingerprint density at radius 3 is 2.95 bits per heavy atom. The zero-order valence-electron chi connectivity index (χ0n) is 12.0. The molecule has 2 amide bonds. The molecule has 0 spiro atoms. The van der Waals surface area contributed by atoms with Crippen molar-refractivity contribution in [3.63, 3.8) is 0 Å². The Morgan fingerprint density at radius 1 is 1.36 bits per heavy atom. The van der Waals surface area contributed by atoms with E-state index in [0.29, 0.717) is 23.3 Å². The van der Waals surface area contributed by atoms with E-state index >= 15 is 0 Å². The molecule has 112 valence electrons. The molecule has 0 aliphatic heterocycles. The highest BCUT2D eigenvalue weighted by molar-refractivity contribution is 5.93. The first-order valence-corrected chi connectivity index (χ1v) is 6.82. The quantitative estimate of drug-likeness (QED) is 0.644. The highest BCUT2D eigenvalue weighted by Gasteiger charge is 2.13. The van der Waals surface area contributed by atoms with Crippen LogP contribution < -0.4 is 16.4 Å². The van der Waals surface area contributed by atoms with Crippen LogP contribution in [-0.4, -0.2) is 22.5 Å². The van der Waals surface area contributed by atoms with Gasteiger partial charge in [-0.25, -0.2) is 4.79 Å². The standard InChI is InChI=1S/C15H15N5O2/c1-2-18-14(21)20-15-19-12-7-10(6-11(16)13(12)22-15)9-4-3-5-17-8-9/h3-8H,2,16H2,1H3,(H2,18,19,20,21). The van der Waals surface area contributed by atoms with Gasteiger partial charge in [0.2, 0.25) is 0 Å². The van der Waals surface area contributed by atoms with Gasteiger partial charge in [-0.1, -0.05) is 6.07 Å². The average Bonchev–Trinajstić information content (AvgIpc) is 2.91. The van der Waals surface area contributed by atoms with E-state index < -0.39 is 0 Å². The maximum atomic E-state index is 11.5. The number of nitrogens with zero attached hydrogens (tertiary/aromatic N) is 2. The van der Waals surface area contributed by atoms with Gasteiger partial charge in [0.25, 0.3) is 0 Å². The van der Waals surface area contributed by atoms with E-state index in [4.69, 9.17) is 10.2 Å². The molecule has 0 aliphatic rings. The first kappa shape index (κ1) is 13.9. The molecule has 3 aromatic rings. The molecule has 7 heteroatoms. The number of carbonyl (C=O) groups excluding carboxylic acids is 1. The minimum atomic E-state index is -0.375. The van der Waals surface area contributed by atoms with E-state index in [9.17, 15) is 4.79 Å². The SMILES string of the molecule is CCNC(=O)Nc1nc2cc(-c3cccnc3)cc(N)c2o1. The minimum absolute atomic E-state index is 0.107. The summed E-state index contributed by atoms with van der Waals surface area (Å²) in [4.78, 5) is 19.8. The summed E-state index contributed by atoms with van der Waals surface area (Å²) in [5, 5.41) is 5.12. The summed E-state index contributed by atoms with van der Waals surface area (Å²) in [6, 6.07) is 7.15. The lowest BCUT2D eigenvalue weighted by Gasteiger charge is -2.02. The maximum absolute atomic E-state index is 11.5. The Kier molecular flexibility index (Phi) is 3.61. The van der Waals surface area contributed by atoms with Crippen molar-refractivity contribution >= 4 is 28.8 Å². The van der Waals surface area contributed by atoms with Crippen LogP contribution in [0.25, 0.3) is 22.2 Å². The molecule has 2 heterocycles. The van der Waals surface area contributed by atoms with Crippen molar-refractivity contribution in [1.29, 1.82) is 0 Å². The number of nitrogen functional groups attached to an aromatic ring is 1. The third kappa shape index (κ3) is 2.69. The molecule has 0 saturated carbocycles. The molecule has 0 unspecified atom stereocenters. The molecule has 3 rings (SSSR count). The first-order chi connectivity index (χ1) is 10.7. The van der Waals surface area contributed by atoms with Crippen LogP contribution in [0, 0.1) is 0 Å². The number of nitrogens with one attached hydrogen (secondary N) is 2. The molecule has 0 bridgehead atoms. The second kappa shape index (κ2) is 5.72. The Labute approximate surface area is 126 Å². The first-order valence-electron chi connectivity index (χ1n) is 6.82. The molecule has 0 saturated heterocycles. The number of benzene rings is 1. The van der Waals surface area contributed by atoms with Crippen molar-refractivity contribution < 1.29 is 9.21 Å². The van der Waals surface area contributed by atoms with Crippen LogP contribution in [0.4, 0.5) is 16.5 Å². The van der Waals surface area contributed by atoms with Gasteiger partial charge in [0.1, 0.15) is 5.52 Å². The van der Waals surface area contributed by atoms with Gasteiger partial charge in [0, 0.05) is 24.5 Å². The summed E-state index contributed by atoms with van der Waals surface area (Å²) >= 11 is 0. The molecular formula is C15H15N5O2. The number of pyridine rings is 1. The van der Waals surface area contributed by atoms with Crippen LogP contribution in [0.15, 0.2) is 41.1 Å². The van der Waals surface area contributed by atoms with Crippen LogP contribution in [0.1, 0.15) is 6.92 Å². The van der Waals surface area contributed by atoms with Crippen LogP contribution in [0.5, 0.6) is 0 Å². The Bertz CT molecular complexity index is 813. The fraction of sp³-hybridized carbons (Fsp3) is 0.133. The van der Waals surface area contributed by atoms with E-state index in [1.807, 2.05) is 25.1 Å². The van der Waals surface area contributed by atoms with E-state index in [1.54, 1.807) is 18.5 Å². The Balaban J connectivity index is 1.98. The van der Waals surface area contributed by atoms with Gasteiger partial charge in [0.05, 0.1) is 5.69 Å². The normalized spacial score (nSPS) is 10.6. The highest BCUT2D eigenvalue weighted by Crippen LogP contribution is 2.30. The van der Waals surface area contributed by atoms with Crippen molar-refractivity contribution in [1.82, 2.24) is 15.3 Å². The van der Waals surface area contributed by atoms with E-state index in [1.165, 1.54) is 0 Å². The zero-order chi connectivity index (χ0) is 15.5. The topological polar surface area (TPSA) is 106 Å². The van der Waals surface area contributed by atoms with Crippen LogP contribution in [-0.2, 0) is 0 Å². The second-order valence-corrected chi connectivity index (χ2v) is 4.66. The van der Waals surface area contributed by atoms with Gasteiger partial charge in [-0.2, -0.15) is 4.98 Å². The molecule has 0 fully saturated rings. The van der Waals surface area contributed by atoms with Gasteiger partial charge in [-0.3, -0.25) is 10.3 Å². The van der Waals surface area contributed by atoms with E-state index in [0.717, 1.165) is 11.1 Å².